The molecule has 732 valence electrons. The van der Waals surface area contributed by atoms with Gasteiger partial charge in [-0.25, -0.2) is 62.3 Å². The molecule has 2 saturated heterocycles. The molecule has 31 heteroatoms. The average Bonchev–Trinajstić information content (AvgIpc) is 1.50. The first-order valence-electron chi connectivity index (χ1n) is 44.7. The zero-order chi connectivity index (χ0) is 99.3. The minimum absolute atomic E-state index is 0.0357. The van der Waals surface area contributed by atoms with Gasteiger partial charge in [0.15, 0.2) is 107 Å². The molecule has 5 aliphatic rings. The van der Waals surface area contributed by atoms with E-state index in [-0.39, 0.29) is 31.4 Å². The Morgan fingerprint density at radius 1 is 0.396 bits per heavy atom. The van der Waals surface area contributed by atoms with Gasteiger partial charge in [0.05, 0.1) is 42.1 Å². The number of hydrogen-bond donors (Lipinski definition) is 0. The SMILES string of the molecule is CCOCOc1ccc(C)cc1.Cc1ccc(OC(C)OCCOC(=O)c2c(F)c(F)c3c(F)c(F)c(F)c(F)c3c2F)cc1.Cc1ccc(OC2CC(=O)c3cc4ccccc4cc3O2)cc1.Cc1ccc(OC2CCCC(COC(=O)c3c(F)c(F)c(F)c(F)c3F)O2)cc1.Cc1ccc(OC2CCCCO2)cc1.Cc1ccc(OC2CCc3ccccc3O2)cc1.Cc1ccc2c(c1)OCO2. The smallest absolute Gasteiger partial charge is 0.344 e. The van der Waals surface area contributed by atoms with Crippen molar-refractivity contribution in [1.82, 2.24) is 0 Å². The molecular weight excluding hydrogens is 1830 g/mol. The molecule has 0 aromatic heterocycles. The fraction of sp³-hybridized carbons (Fsp3) is 0.287. The van der Waals surface area contributed by atoms with Crippen molar-refractivity contribution in [2.75, 3.05) is 46.6 Å². The zero-order valence-corrected chi connectivity index (χ0v) is 77.4. The number of esters is 2. The van der Waals surface area contributed by atoms with E-state index < -0.39 is 142 Å². The molecule has 2 fully saturated rings. The Hall–Kier alpha value is -14.0. The van der Waals surface area contributed by atoms with E-state index >= 15 is 0 Å². The highest BCUT2D eigenvalue weighted by Crippen LogP contribution is 2.39. The third-order valence-corrected chi connectivity index (χ3v) is 21.7. The number of ketones is 1. The molecule has 13 aromatic carbocycles. The van der Waals surface area contributed by atoms with Gasteiger partial charge in [-0.3, -0.25) is 4.79 Å². The van der Waals surface area contributed by atoms with Gasteiger partial charge in [0.2, 0.25) is 25.2 Å². The van der Waals surface area contributed by atoms with Gasteiger partial charge in [0, 0.05) is 25.9 Å². The molecule has 6 unspecified atom stereocenters. The summed E-state index contributed by atoms with van der Waals surface area (Å²) in [5, 5.41) is -1.49. The molecule has 13 aromatic rings. The van der Waals surface area contributed by atoms with Crippen LogP contribution in [0.4, 0.5) is 52.7 Å². The number of carbonyl (C=O) groups is 3. The fourth-order valence-electron chi connectivity index (χ4n) is 14.2. The van der Waals surface area contributed by atoms with Crippen molar-refractivity contribution in [2.45, 2.75) is 158 Å². The maximum atomic E-state index is 14.6. The second-order valence-electron chi connectivity index (χ2n) is 32.5. The van der Waals surface area contributed by atoms with E-state index in [1.165, 1.54) is 41.2 Å². The highest BCUT2D eigenvalue weighted by Gasteiger charge is 2.36. The van der Waals surface area contributed by atoms with Crippen molar-refractivity contribution < 1.29 is 143 Å². The van der Waals surface area contributed by atoms with Crippen LogP contribution in [0.1, 0.15) is 141 Å². The van der Waals surface area contributed by atoms with Crippen molar-refractivity contribution in [3.8, 4) is 57.5 Å². The summed E-state index contributed by atoms with van der Waals surface area (Å²) < 4.78 is 251. The van der Waals surface area contributed by atoms with E-state index in [4.69, 9.17) is 71.1 Å². The number of ether oxygens (including phenoxy) is 16. The molecule has 6 atom stereocenters. The van der Waals surface area contributed by atoms with Crippen LogP contribution >= 0.6 is 0 Å². The van der Waals surface area contributed by atoms with Crippen LogP contribution in [0.25, 0.3) is 21.5 Å². The number of aryl methyl sites for hydroxylation is 8. The maximum Gasteiger partial charge on any atom is 0.344 e. The predicted molar refractivity (Wildman–Crippen MR) is 493 cm³/mol. The largest absolute Gasteiger partial charge is 0.468 e. The molecule has 18 rings (SSSR count). The average molecular weight is 1930 g/mol. The van der Waals surface area contributed by atoms with Crippen LogP contribution in [0.2, 0.25) is 0 Å². The van der Waals surface area contributed by atoms with Gasteiger partial charge in [-0.15, -0.1) is 0 Å². The van der Waals surface area contributed by atoms with E-state index in [0.717, 1.165) is 94.3 Å². The molecule has 0 saturated carbocycles. The molecule has 0 amide bonds. The summed E-state index contributed by atoms with van der Waals surface area (Å²) in [6.45, 7) is 18.4. The number of carbonyl (C=O) groups excluding carboxylic acids is 3. The van der Waals surface area contributed by atoms with Crippen LogP contribution in [-0.2, 0) is 34.8 Å². The van der Waals surface area contributed by atoms with Crippen LogP contribution in [0.5, 0.6) is 57.5 Å². The molecule has 0 N–H and O–H groups in total. The monoisotopic (exact) mass is 1930 g/mol. The second kappa shape index (κ2) is 50.4. The van der Waals surface area contributed by atoms with Crippen LogP contribution in [0, 0.1) is 118 Å². The minimum Gasteiger partial charge on any atom is -0.468 e. The number of hydrogen-bond acceptors (Lipinski definition) is 19. The molecule has 0 spiro atoms. The predicted octanol–water partition coefficient (Wildman–Crippen LogP) is 25.8. The lowest BCUT2D eigenvalue weighted by Gasteiger charge is -2.30. The molecule has 5 heterocycles. The summed E-state index contributed by atoms with van der Waals surface area (Å²) >= 11 is 0. The van der Waals surface area contributed by atoms with Crippen molar-refractivity contribution >= 4 is 39.3 Å². The second-order valence-corrected chi connectivity index (χ2v) is 32.5. The summed E-state index contributed by atoms with van der Waals surface area (Å²) in [5.41, 5.74) is 6.66. The summed E-state index contributed by atoms with van der Waals surface area (Å²) in [7, 11) is 0. The van der Waals surface area contributed by atoms with Gasteiger partial charge in [0.1, 0.15) is 70.3 Å². The first kappa shape index (κ1) is 104. The number of halogens is 12. The standard InChI is InChI=1S/C22H15F7O4.C20H17F5O4.C20H16O3.C16H16O2.C12H16O2.C10H14O2.C8H8O2/c1-9-3-5-11(6-4-9)33-10(2)31-7-8-32-22(30)14-15(23)12-13(16(24)19(14)27)18(26)21(29)20(28)17(12)25;1-10-5-7-11(8-6-10)28-13-4-2-3-12(29-13)9-27-20(26)14-15(21)17(23)19(25)18(24)16(14)22;1-13-6-8-16(9-7-13)22-20-12-18(21)17-10-14-4-2-3-5-15(14)11-19(17)23-20;1-12-6-9-14(10-7-12)17-16-11-8-13-4-2-3-5-15(13)18-16;1-10-5-7-11(8-6-10)14-12-4-2-3-9-13-12;1-3-11-8-12-10-6-4-9(2)5-7-10;1-6-2-3-7-8(4-6)10-5-9-7/h3-6,10H,7-8H2,1-2H3;5-8,12-13H,2-4,9H2,1H3;2-11,20H,12H2,1H3;2-7,9-10,16H,8,11H2,1H3;5-8,12H,2-4,9H2,1H3;4-7H,3,8H2,1-2H3;2-4H,5H2,1H3. The fourth-order valence-corrected chi connectivity index (χ4v) is 14.2. The molecule has 19 nitrogen and oxygen atoms in total. The lowest BCUT2D eigenvalue weighted by molar-refractivity contribution is -0.158. The van der Waals surface area contributed by atoms with E-state index in [1.807, 2.05) is 211 Å². The molecular formula is C108H102F12O19. The Labute approximate surface area is 795 Å². The first-order valence-corrected chi connectivity index (χ1v) is 44.7. The van der Waals surface area contributed by atoms with Gasteiger partial charge < -0.3 is 75.8 Å². The number of benzene rings is 13. The number of rotatable bonds is 22. The Kier molecular flexibility index (Phi) is 37.6. The van der Waals surface area contributed by atoms with Gasteiger partial charge in [-0.05, 0) is 219 Å². The van der Waals surface area contributed by atoms with Crippen LogP contribution in [-0.4, -0.2) is 102 Å². The van der Waals surface area contributed by atoms with Gasteiger partial charge >= 0.3 is 11.9 Å². The third kappa shape index (κ3) is 29.3. The lowest BCUT2D eigenvalue weighted by atomic mass is 9.99. The van der Waals surface area contributed by atoms with Crippen LogP contribution < -0.4 is 47.4 Å². The van der Waals surface area contributed by atoms with E-state index in [2.05, 4.69) is 36.8 Å². The highest BCUT2D eigenvalue weighted by molar-refractivity contribution is 6.04. The molecule has 0 bridgehead atoms. The first-order chi connectivity index (χ1) is 66.8. The number of para-hydroxylation sites is 1. The molecule has 139 heavy (non-hydrogen) atoms. The van der Waals surface area contributed by atoms with Crippen molar-refractivity contribution in [2.24, 2.45) is 0 Å². The van der Waals surface area contributed by atoms with Crippen molar-refractivity contribution in [3.05, 3.63) is 355 Å². The summed E-state index contributed by atoms with van der Waals surface area (Å²) in [6.07, 6.45) is 4.33. The van der Waals surface area contributed by atoms with E-state index in [9.17, 15) is 67.1 Å². The number of Topliss-reactive ketones (excluding diaryl/α,β-unsaturated/α-hetero) is 1. The Morgan fingerprint density at radius 2 is 0.842 bits per heavy atom. The van der Waals surface area contributed by atoms with Gasteiger partial charge in [-0.2, -0.15) is 0 Å². The summed E-state index contributed by atoms with van der Waals surface area (Å²) in [4.78, 5) is 36.4. The quantitative estimate of drug-likeness (QED) is 0.0155. The Balaban J connectivity index is 0.000000150. The summed E-state index contributed by atoms with van der Waals surface area (Å²) in [6, 6.07) is 71.8. The lowest BCUT2D eigenvalue weighted by Crippen LogP contribution is -2.35. The summed E-state index contributed by atoms with van der Waals surface area (Å²) in [5.74, 6) is -23.3. The Morgan fingerprint density at radius 3 is 1.40 bits per heavy atom. The van der Waals surface area contributed by atoms with Crippen LogP contribution in [0.3, 0.4) is 0 Å². The highest BCUT2D eigenvalue weighted by atomic mass is 19.2. The normalized spacial score (nSPS) is 16.0. The van der Waals surface area contributed by atoms with Crippen molar-refractivity contribution in [3.63, 3.8) is 0 Å². The minimum atomic E-state index is -2.47. The molecule has 5 aliphatic heterocycles. The van der Waals surface area contributed by atoms with Gasteiger partial charge in [-0.1, -0.05) is 155 Å². The number of fused-ring (bicyclic) bond motifs is 5. The van der Waals surface area contributed by atoms with E-state index in [1.54, 1.807) is 36.4 Å². The molecule has 0 aliphatic carbocycles. The topological polar surface area (TPSA) is 199 Å². The maximum absolute atomic E-state index is 14.6. The Bertz CT molecular complexity index is 6270. The zero-order valence-electron chi connectivity index (χ0n) is 77.4. The van der Waals surface area contributed by atoms with Gasteiger partial charge in [0.25, 0.3) is 0 Å². The van der Waals surface area contributed by atoms with E-state index in [0.29, 0.717) is 68.0 Å². The molecule has 0 radical (unpaired) electrons. The van der Waals surface area contributed by atoms with Crippen molar-refractivity contribution in [1.29, 1.82) is 0 Å². The van der Waals surface area contributed by atoms with Crippen LogP contribution in [0.15, 0.2) is 224 Å². The third-order valence-electron chi connectivity index (χ3n) is 21.7.